The van der Waals surface area contributed by atoms with Gasteiger partial charge in [-0.05, 0) is 19.8 Å². The van der Waals surface area contributed by atoms with E-state index in [4.69, 9.17) is 21.7 Å². The molecule has 0 fully saturated rings. The predicted molar refractivity (Wildman–Crippen MR) is 115 cm³/mol. The van der Waals surface area contributed by atoms with E-state index in [1.807, 2.05) is 0 Å². The van der Waals surface area contributed by atoms with Crippen LogP contribution in [0.3, 0.4) is 0 Å². The second-order valence-electron chi connectivity index (χ2n) is 7.52. The molecule has 0 aliphatic heterocycles. The van der Waals surface area contributed by atoms with E-state index in [2.05, 4.69) is 25.9 Å². The number of hydrogen-bond acceptors (Lipinski definition) is 8. The second kappa shape index (κ2) is 13.5. The first-order chi connectivity index (χ1) is 15.9. The standard InChI is InChI=1S/C19H29N7O8/c1-9(19(33)34)24-17(31)12(2-4-14(21)27)26-18(32)13(3-5-15(28)29)25-16(30)11(20)6-10-7-22-8-23-10/h7-9,11-13H,2-6,20H2,1H3,(H2,21,27)(H,22,23)(H,24,31)(H,25,30)(H,26,32)(H,28,29)(H,33,34). The molecule has 4 atom stereocenters. The average molecular weight is 483 g/mol. The molecule has 4 unspecified atom stereocenters. The molecule has 1 aromatic rings. The van der Waals surface area contributed by atoms with E-state index in [1.54, 1.807) is 0 Å². The number of imidazole rings is 1. The molecule has 0 saturated heterocycles. The van der Waals surface area contributed by atoms with Crippen LogP contribution in [0.4, 0.5) is 0 Å². The summed E-state index contributed by atoms with van der Waals surface area (Å²) in [5, 5.41) is 24.8. The van der Waals surface area contributed by atoms with Gasteiger partial charge in [0.15, 0.2) is 0 Å². The Morgan fingerprint density at radius 3 is 2.03 bits per heavy atom. The van der Waals surface area contributed by atoms with Crippen LogP contribution in [0.1, 0.15) is 38.3 Å². The van der Waals surface area contributed by atoms with Crippen LogP contribution < -0.4 is 27.4 Å². The Bertz CT molecular complexity index is 889. The Balaban J connectivity index is 2.94. The third-order valence-corrected chi connectivity index (χ3v) is 4.65. The smallest absolute Gasteiger partial charge is 0.325 e. The van der Waals surface area contributed by atoms with Crippen LogP contribution in [-0.2, 0) is 35.2 Å². The maximum atomic E-state index is 12.8. The topological polar surface area (TPSA) is 260 Å². The van der Waals surface area contributed by atoms with Gasteiger partial charge in [0, 0.05) is 31.2 Å². The summed E-state index contributed by atoms with van der Waals surface area (Å²) in [5.74, 6) is -5.89. The zero-order chi connectivity index (χ0) is 25.8. The van der Waals surface area contributed by atoms with Crippen LogP contribution in [0.25, 0.3) is 0 Å². The summed E-state index contributed by atoms with van der Waals surface area (Å²) in [6, 6.07) is -5.13. The summed E-state index contributed by atoms with van der Waals surface area (Å²) in [7, 11) is 0. The Morgan fingerprint density at radius 2 is 1.53 bits per heavy atom. The fourth-order valence-corrected chi connectivity index (χ4v) is 2.74. The van der Waals surface area contributed by atoms with Crippen LogP contribution >= 0.6 is 0 Å². The number of amides is 4. The number of primary amides is 1. The van der Waals surface area contributed by atoms with Crippen molar-refractivity contribution in [2.24, 2.45) is 11.5 Å². The molecule has 188 valence electrons. The molecule has 0 saturated carbocycles. The van der Waals surface area contributed by atoms with E-state index in [1.165, 1.54) is 19.4 Å². The van der Waals surface area contributed by atoms with E-state index in [0.29, 0.717) is 5.69 Å². The lowest BCUT2D eigenvalue weighted by molar-refractivity contribution is -0.142. The minimum atomic E-state index is -1.38. The molecule has 0 aliphatic carbocycles. The van der Waals surface area contributed by atoms with Crippen molar-refractivity contribution >= 4 is 35.6 Å². The van der Waals surface area contributed by atoms with Crippen molar-refractivity contribution in [1.82, 2.24) is 25.9 Å². The summed E-state index contributed by atoms with van der Waals surface area (Å²) >= 11 is 0. The quantitative estimate of drug-likeness (QED) is 0.125. The zero-order valence-electron chi connectivity index (χ0n) is 18.4. The predicted octanol–water partition coefficient (Wildman–Crippen LogP) is -3.03. The van der Waals surface area contributed by atoms with Gasteiger partial charge in [-0.3, -0.25) is 28.8 Å². The highest BCUT2D eigenvalue weighted by molar-refractivity contribution is 5.94. The minimum absolute atomic E-state index is 0.0653. The summed E-state index contributed by atoms with van der Waals surface area (Å²) < 4.78 is 0. The molecule has 0 radical (unpaired) electrons. The lowest BCUT2D eigenvalue weighted by Crippen LogP contribution is -2.57. The third kappa shape index (κ3) is 10.1. The summed E-state index contributed by atoms with van der Waals surface area (Å²) in [4.78, 5) is 77.5. The Morgan fingerprint density at radius 1 is 0.971 bits per heavy atom. The highest BCUT2D eigenvalue weighted by Crippen LogP contribution is 2.05. The number of nitrogens with zero attached hydrogens (tertiary/aromatic N) is 1. The lowest BCUT2D eigenvalue weighted by atomic mass is 10.1. The van der Waals surface area contributed by atoms with E-state index < -0.39 is 66.2 Å². The minimum Gasteiger partial charge on any atom is -0.481 e. The molecule has 0 aromatic carbocycles. The highest BCUT2D eigenvalue weighted by Gasteiger charge is 2.30. The maximum Gasteiger partial charge on any atom is 0.325 e. The van der Waals surface area contributed by atoms with E-state index in [-0.39, 0.29) is 25.7 Å². The molecule has 15 nitrogen and oxygen atoms in total. The van der Waals surface area contributed by atoms with Crippen molar-refractivity contribution in [2.45, 2.75) is 63.2 Å². The van der Waals surface area contributed by atoms with Gasteiger partial charge in [-0.2, -0.15) is 0 Å². The lowest BCUT2D eigenvalue weighted by Gasteiger charge is -2.24. The Hall–Kier alpha value is -4.01. The molecule has 1 rings (SSSR count). The van der Waals surface area contributed by atoms with Crippen molar-refractivity contribution in [1.29, 1.82) is 0 Å². The van der Waals surface area contributed by atoms with Crippen molar-refractivity contribution in [3.8, 4) is 0 Å². The molecular formula is C19H29N7O8. The van der Waals surface area contributed by atoms with Crippen LogP contribution in [0.2, 0.25) is 0 Å². The number of carbonyl (C=O) groups is 6. The number of carboxylic acid groups (broad SMARTS) is 2. The summed E-state index contributed by atoms with van der Waals surface area (Å²) in [5.41, 5.74) is 11.5. The molecule has 4 amide bonds. The normalized spacial score (nSPS) is 14.2. The van der Waals surface area contributed by atoms with Gasteiger partial charge in [-0.25, -0.2) is 4.98 Å². The van der Waals surface area contributed by atoms with Crippen molar-refractivity contribution in [3.05, 3.63) is 18.2 Å². The van der Waals surface area contributed by atoms with Crippen molar-refractivity contribution in [3.63, 3.8) is 0 Å². The number of nitrogens with two attached hydrogens (primary N) is 2. The van der Waals surface area contributed by atoms with Gasteiger partial charge in [0.2, 0.25) is 23.6 Å². The fraction of sp³-hybridized carbons (Fsp3) is 0.526. The van der Waals surface area contributed by atoms with Crippen LogP contribution in [0.15, 0.2) is 12.5 Å². The van der Waals surface area contributed by atoms with Crippen molar-refractivity contribution in [2.75, 3.05) is 0 Å². The van der Waals surface area contributed by atoms with Gasteiger partial charge < -0.3 is 42.6 Å². The average Bonchev–Trinajstić information content (AvgIpc) is 3.25. The molecule has 0 spiro atoms. The Labute approximate surface area is 194 Å². The van der Waals surface area contributed by atoms with Crippen LogP contribution in [0.5, 0.6) is 0 Å². The second-order valence-corrected chi connectivity index (χ2v) is 7.52. The molecule has 0 aliphatic rings. The van der Waals surface area contributed by atoms with Gasteiger partial charge in [-0.1, -0.05) is 0 Å². The van der Waals surface area contributed by atoms with Gasteiger partial charge in [-0.15, -0.1) is 0 Å². The fourth-order valence-electron chi connectivity index (χ4n) is 2.74. The number of rotatable bonds is 15. The first-order valence-corrected chi connectivity index (χ1v) is 10.3. The van der Waals surface area contributed by atoms with Crippen LogP contribution in [-0.4, -0.2) is 79.9 Å². The van der Waals surface area contributed by atoms with Gasteiger partial charge in [0.25, 0.3) is 0 Å². The molecule has 1 aromatic heterocycles. The summed E-state index contributed by atoms with van der Waals surface area (Å²) in [6.07, 6.45) is 1.56. The Kier molecular flexibility index (Phi) is 11.1. The maximum absolute atomic E-state index is 12.8. The number of aliphatic carboxylic acids is 2. The summed E-state index contributed by atoms with van der Waals surface area (Å²) in [6.45, 7) is 1.20. The third-order valence-electron chi connectivity index (χ3n) is 4.65. The number of carbonyl (C=O) groups excluding carboxylic acids is 4. The zero-order valence-corrected chi connectivity index (χ0v) is 18.4. The van der Waals surface area contributed by atoms with Gasteiger partial charge in [0.05, 0.1) is 12.4 Å². The number of nitrogens with one attached hydrogen (secondary N) is 4. The first kappa shape index (κ1) is 28.0. The monoisotopic (exact) mass is 483 g/mol. The number of hydrogen-bond donors (Lipinski definition) is 8. The van der Waals surface area contributed by atoms with Crippen molar-refractivity contribution < 1.29 is 39.0 Å². The molecule has 10 N–H and O–H groups in total. The molecule has 34 heavy (non-hydrogen) atoms. The number of aromatic amines is 1. The van der Waals surface area contributed by atoms with E-state index >= 15 is 0 Å². The molecule has 0 bridgehead atoms. The van der Waals surface area contributed by atoms with E-state index in [9.17, 15) is 28.8 Å². The largest absolute Gasteiger partial charge is 0.481 e. The molecule has 1 heterocycles. The van der Waals surface area contributed by atoms with E-state index in [0.717, 1.165) is 0 Å². The molecule has 15 heteroatoms. The first-order valence-electron chi connectivity index (χ1n) is 10.3. The number of H-pyrrole nitrogens is 1. The van der Waals surface area contributed by atoms with Gasteiger partial charge in [0.1, 0.15) is 18.1 Å². The van der Waals surface area contributed by atoms with Gasteiger partial charge >= 0.3 is 11.9 Å². The molecular weight excluding hydrogens is 454 g/mol. The number of carboxylic acids is 2. The van der Waals surface area contributed by atoms with Crippen LogP contribution in [0, 0.1) is 0 Å². The SMILES string of the molecule is CC(NC(=O)C(CCC(N)=O)NC(=O)C(CCC(=O)O)NC(=O)C(N)Cc1cnc[nH]1)C(=O)O. The highest BCUT2D eigenvalue weighted by atomic mass is 16.4. The number of aromatic nitrogens is 2.